The SMILES string of the molecule is CC(C)[C@H](N=[P+]([O-])Cc1cccs1)C(=O)NCCCc1ccc(-c2cccnc2)cc1. The van der Waals surface area contributed by atoms with Crippen LogP contribution in [0.5, 0.6) is 0 Å². The Morgan fingerprint density at radius 3 is 2.61 bits per heavy atom. The normalized spacial score (nSPS) is 12.7. The first kappa shape index (κ1) is 23.3. The third-order valence-corrected chi connectivity index (χ3v) is 7.12. The Morgan fingerprint density at radius 2 is 1.97 bits per heavy atom. The second-order valence-corrected chi connectivity index (χ2v) is 10.0. The summed E-state index contributed by atoms with van der Waals surface area (Å²) in [4.78, 5) is 30.2. The molecule has 0 aliphatic carbocycles. The van der Waals surface area contributed by atoms with E-state index in [0.29, 0.717) is 12.7 Å². The Labute approximate surface area is 189 Å². The van der Waals surface area contributed by atoms with Crippen LogP contribution in [0.4, 0.5) is 0 Å². The third-order valence-electron chi connectivity index (χ3n) is 4.91. The maximum Gasteiger partial charge on any atom is 0.249 e. The van der Waals surface area contributed by atoms with E-state index < -0.39 is 14.0 Å². The van der Waals surface area contributed by atoms with Crippen LogP contribution in [-0.2, 0) is 17.4 Å². The Kier molecular flexibility index (Phi) is 8.89. The summed E-state index contributed by atoms with van der Waals surface area (Å²) in [6.07, 6.45) is 5.74. The van der Waals surface area contributed by atoms with Crippen LogP contribution in [0, 0.1) is 5.92 Å². The van der Waals surface area contributed by atoms with Crippen LogP contribution in [0.3, 0.4) is 0 Å². The average Bonchev–Trinajstić information content (AvgIpc) is 3.28. The van der Waals surface area contributed by atoms with Gasteiger partial charge in [0.2, 0.25) is 5.91 Å². The highest BCUT2D eigenvalue weighted by Gasteiger charge is 2.24. The van der Waals surface area contributed by atoms with Gasteiger partial charge in [0, 0.05) is 18.9 Å². The van der Waals surface area contributed by atoms with Crippen molar-refractivity contribution in [2.75, 3.05) is 6.54 Å². The van der Waals surface area contributed by atoms with Crippen LogP contribution in [0.1, 0.15) is 30.7 Å². The van der Waals surface area contributed by atoms with Crippen molar-refractivity contribution in [3.63, 3.8) is 0 Å². The Hall–Kier alpha value is -2.40. The van der Waals surface area contributed by atoms with Gasteiger partial charge in [0.1, 0.15) is 0 Å². The van der Waals surface area contributed by atoms with Gasteiger partial charge in [-0.3, -0.25) is 9.78 Å². The highest BCUT2D eigenvalue weighted by molar-refractivity contribution is 7.39. The smallest absolute Gasteiger partial charge is 0.249 e. The minimum absolute atomic E-state index is 0.00214. The van der Waals surface area contributed by atoms with E-state index in [0.717, 1.165) is 28.8 Å². The van der Waals surface area contributed by atoms with Crippen molar-refractivity contribution in [3.8, 4) is 11.1 Å². The molecule has 7 heteroatoms. The number of hydrogen-bond acceptors (Lipinski definition) is 5. The zero-order valence-electron chi connectivity index (χ0n) is 17.9. The van der Waals surface area contributed by atoms with Gasteiger partial charge in [-0.25, -0.2) is 0 Å². The molecule has 0 aliphatic heterocycles. The number of rotatable bonds is 10. The zero-order valence-corrected chi connectivity index (χ0v) is 19.6. The average molecular weight is 454 g/mol. The van der Waals surface area contributed by atoms with Gasteiger partial charge in [0.15, 0.2) is 20.1 Å². The van der Waals surface area contributed by atoms with Gasteiger partial charge < -0.3 is 10.2 Å². The van der Waals surface area contributed by atoms with Crippen LogP contribution in [0.2, 0.25) is 0 Å². The second kappa shape index (κ2) is 11.8. The van der Waals surface area contributed by atoms with Crippen molar-refractivity contribution in [1.82, 2.24) is 10.3 Å². The molecule has 0 aliphatic rings. The molecule has 2 heterocycles. The molecule has 2 aromatic heterocycles. The van der Waals surface area contributed by atoms with Gasteiger partial charge in [-0.05, 0) is 53.0 Å². The molecule has 3 rings (SSSR count). The summed E-state index contributed by atoms with van der Waals surface area (Å²) in [7, 11) is -1.79. The summed E-state index contributed by atoms with van der Waals surface area (Å²) < 4.78 is 4.32. The number of carbonyl (C=O) groups is 1. The van der Waals surface area contributed by atoms with Crippen LogP contribution in [0.15, 0.2) is 71.0 Å². The molecule has 2 atom stereocenters. The molecule has 5 nitrogen and oxygen atoms in total. The molecule has 0 bridgehead atoms. The quantitative estimate of drug-likeness (QED) is 0.346. The van der Waals surface area contributed by atoms with Crippen molar-refractivity contribution in [2.24, 2.45) is 10.7 Å². The first-order chi connectivity index (χ1) is 15.0. The predicted octanol–water partition coefficient (Wildman–Crippen LogP) is 5.02. The number of aromatic nitrogens is 1. The van der Waals surface area contributed by atoms with Crippen molar-refractivity contribution >= 4 is 25.2 Å². The van der Waals surface area contributed by atoms with E-state index in [1.807, 2.05) is 49.7 Å². The molecule has 1 amide bonds. The summed E-state index contributed by atoms with van der Waals surface area (Å²) in [5, 5.41) is 4.92. The minimum atomic E-state index is -1.79. The van der Waals surface area contributed by atoms with E-state index in [-0.39, 0.29) is 11.8 Å². The molecule has 0 radical (unpaired) electrons. The summed E-state index contributed by atoms with van der Waals surface area (Å²) in [5.41, 5.74) is 3.47. The molecule has 31 heavy (non-hydrogen) atoms. The second-order valence-electron chi connectivity index (χ2n) is 7.73. The molecule has 1 unspecified atom stereocenters. The van der Waals surface area contributed by atoms with Crippen molar-refractivity contribution in [2.45, 2.75) is 38.9 Å². The molecule has 0 spiro atoms. The molecular formula is C24H28N3O2PS. The number of amides is 1. The van der Waals surface area contributed by atoms with E-state index in [1.54, 1.807) is 17.5 Å². The first-order valence-corrected chi connectivity index (χ1v) is 12.8. The fourth-order valence-corrected chi connectivity index (χ4v) is 5.43. The van der Waals surface area contributed by atoms with E-state index >= 15 is 0 Å². The number of hydrogen-bond donors (Lipinski definition) is 1. The molecule has 162 valence electrons. The number of nitrogens with one attached hydrogen (secondary N) is 1. The predicted molar refractivity (Wildman–Crippen MR) is 127 cm³/mol. The standard InChI is InChI=1S/C24H28N3O2PS/c1-18(2)23(27-30(29)17-22-8-5-15-31-22)24(28)26-14-3-6-19-9-11-20(12-10-19)21-7-4-13-25-16-21/h4-5,7-13,15-16,18,23H,3,6,14,17H2,1-2H3,(H,26,28)/t23-/m0/s1. The maximum atomic E-state index is 12.6. The topological polar surface area (TPSA) is 77.4 Å². The molecule has 1 aromatic carbocycles. The Bertz CT molecular complexity index is 974. The number of carbonyl (C=O) groups excluding carboxylic acids is 1. The molecule has 0 fully saturated rings. The van der Waals surface area contributed by atoms with Crippen LogP contribution < -0.4 is 10.2 Å². The molecule has 1 N–H and O–H groups in total. The summed E-state index contributed by atoms with van der Waals surface area (Å²) >= 11 is 1.56. The lowest BCUT2D eigenvalue weighted by Gasteiger charge is -2.14. The van der Waals surface area contributed by atoms with E-state index in [4.69, 9.17) is 0 Å². The number of aryl methyl sites for hydroxylation is 1. The minimum Gasteiger partial charge on any atom is -0.612 e. The Morgan fingerprint density at radius 1 is 1.16 bits per heavy atom. The van der Waals surface area contributed by atoms with E-state index in [9.17, 15) is 9.69 Å². The molecule has 0 saturated heterocycles. The summed E-state index contributed by atoms with van der Waals surface area (Å²) in [6, 6.07) is 15.7. The van der Waals surface area contributed by atoms with Gasteiger partial charge in [-0.1, -0.05) is 55.0 Å². The molecule has 3 aromatic rings. The van der Waals surface area contributed by atoms with Crippen molar-refractivity contribution in [3.05, 3.63) is 76.7 Å². The summed E-state index contributed by atoms with van der Waals surface area (Å²) in [6.45, 7) is 4.45. The number of nitrogens with zero attached hydrogens (tertiary/aromatic N) is 2. The highest BCUT2D eigenvalue weighted by Crippen LogP contribution is 2.27. The Balaban J connectivity index is 1.46. The monoisotopic (exact) mass is 453 g/mol. The van der Waals surface area contributed by atoms with Gasteiger partial charge in [-0.15, -0.1) is 11.3 Å². The summed E-state index contributed by atoms with van der Waals surface area (Å²) in [5.74, 6) is -0.140. The van der Waals surface area contributed by atoms with Crippen LogP contribution in [-0.4, -0.2) is 23.5 Å². The largest absolute Gasteiger partial charge is 0.612 e. The van der Waals surface area contributed by atoms with Gasteiger partial charge in [0.05, 0.1) is 4.88 Å². The zero-order chi connectivity index (χ0) is 22.1. The lowest BCUT2D eigenvalue weighted by Crippen LogP contribution is -2.37. The van der Waals surface area contributed by atoms with Crippen molar-refractivity contribution in [1.29, 1.82) is 0 Å². The molecular weight excluding hydrogens is 425 g/mol. The number of benzene rings is 1. The van der Waals surface area contributed by atoms with Gasteiger partial charge in [-0.2, -0.15) is 0 Å². The van der Waals surface area contributed by atoms with Crippen LogP contribution in [0.25, 0.3) is 11.1 Å². The molecule has 0 saturated carbocycles. The third kappa shape index (κ3) is 7.35. The van der Waals surface area contributed by atoms with E-state index in [1.165, 1.54) is 5.56 Å². The van der Waals surface area contributed by atoms with Gasteiger partial charge in [0.25, 0.3) is 0 Å². The number of thiophene rings is 1. The van der Waals surface area contributed by atoms with Crippen LogP contribution >= 0.6 is 19.3 Å². The fraction of sp³-hybridized carbons (Fsp3) is 0.333. The fourth-order valence-electron chi connectivity index (χ4n) is 3.21. The van der Waals surface area contributed by atoms with E-state index in [2.05, 4.69) is 39.3 Å². The van der Waals surface area contributed by atoms with Crippen molar-refractivity contribution < 1.29 is 9.69 Å². The highest BCUT2D eigenvalue weighted by atomic mass is 32.1. The van der Waals surface area contributed by atoms with Gasteiger partial charge >= 0.3 is 0 Å². The first-order valence-electron chi connectivity index (χ1n) is 10.5. The lowest BCUT2D eigenvalue weighted by molar-refractivity contribution is -0.156. The number of pyridine rings is 1. The maximum absolute atomic E-state index is 12.6. The lowest BCUT2D eigenvalue weighted by atomic mass is 10.0.